The summed E-state index contributed by atoms with van der Waals surface area (Å²) in [6.45, 7) is 5.00. The van der Waals surface area contributed by atoms with Crippen LogP contribution in [-0.4, -0.2) is 9.38 Å². The standard InChI is InChI=1S/C17H18ClN3/c1-12-3-5-14(6-4-12)13(2)19-9-16-11-21-10-15(18)7-8-17(21)20-16/h3-8,10-11,13,19H,9H2,1-2H3/t13-/m0/s1. The van der Waals surface area contributed by atoms with Gasteiger partial charge in [0, 0.05) is 25.0 Å². The quantitative estimate of drug-likeness (QED) is 0.784. The molecule has 0 unspecified atom stereocenters. The Morgan fingerprint density at radius 3 is 2.67 bits per heavy atom. The molecule has 0 spiro atoms. The molecule has 1 N–H and O–H groups in total. The van der Waals surface area contributed by atoms with Gasteiger partial charge in [-0.05, 0) is 31.5 Å². The van der Waals surface area contributed by atoms with E-state index in [-0.39, 0.29) is 0 Å². The normalized spacial score (nSPS) is 12.7. The Morgan fingerprint density at radius 2 is 1.90 bits per heavy atom. The number of rotatable bonds is 4. The zero-order valence-electron chi connectivity index (χ0n) is 12.2. The Labute approximate surface area is 129 Å². The Bertz CT molecular complexity index is 746. The van der Waals surface area contributed by atoms with E-state index in [4.69, 9.17) is 11.6 Å². The van der Waals surface area contributed by atoms with Crippen LogP contribution in [0.2, 0.25) is 5.02 Å². The molecule has 0 amide bonds. The van der Waals surface area contributed by atoms with Gasteiger partial charge < -0.3 is 9.72 Å². The molecule has 0 saturated heterocycles. The Hall–Kier alpha value is -1.84. The zero-order chi connectivity index (χ0) is 14.8. The van der Waals surface area contributed by atoms with Gasteiger partial charge in [0.2, 0.25) is 0 Å². The van der Waals surface area contributed by atoms with Crippen molar-refractivity contribution in [2.24, 2.45) is 0 Å². The highest BCUT2D eigenvalue weighted by Crippen LogP contribution is 2.15. The summed E-state index contributed by atoms with van der Waals surface area (Å²) in [7, 11) is 0. The summed E-state index contributed by atoms with van der Waals surface area (Å²) in [6, 6.07) is 12.7. The maximum absolute atomic E-state index is 5.98. The van der Waals surface area contributed by atoms with Crippen LogP contribution in [0, 0.1) is 6.92 Å². The largest absolute Gasteiger partial charge is 0.305 e. The van der Waals surface area contributed by atoms with Gasteiger partial charge in [0.15, 0.2) is 0 Å². The summed E-state index contributed by atoms with van der Waals surface area (Å²) in [6.07, 6.45) is 3.88. The number of benzene rings is 1. The van der Waals surface area contributed by atoms with Crippen molar-refractivity contribution in [3.63, 3.8) is 0 Å². The molecule has 21 heavy (non-hydrogen) atoms. The fraction of sp³-hybridized carbons (Fsp3) is 0.235. The lowest BCUT2D eigenvalue weighted by Gasteiger charge is -2.13. The van der Waals surface area contributed by atoms with Gasteiger partial charge in [0.05, 0.1) is 10.7 Å². The van der Waals surface area contributed by atoms with E-state index in [2.05, 4.69) is 48.4 Å². The molecular weight excluding hydrogens is 282 g/mol. The molecule has 0 saturated carbocycles. The van der Waals surface area contributed by atoms with Crippen LogP contribution in [-0.2, 0) is 6.54 Å². The third-order valence-electron chi connectivity index (χ3n) is 3.63. The third kappa shape index (κ3) is 3.26. The van der Waals surface area contributed by atoms with Crippen molar-refractivity contribution >= 4 is 17.2 Å². The van der Waals surface area contributed by atoms with Gasteiger partial charge in [-0.15, -0.1) is 0 Å². The number of hydrogen-bond donors (Lipinski definition) is 1. The summed E-state index contributed by atoms with van der Waals surface area (Å²) in [5.74, 6) is 0. The van der Waals surface area contributed by atoms with Crippen LogP contribution in [0.1, 0.15) is 29.8 Å². The van der Waals surface area contributed by atoms with Crippen LogP contribution in [0.5, 0.6) is 0 Å². The molecule has 1 aromatic carbocycles. The van der Waals surface area contributed by atoms with Gasteiger partial charge in [0.1, 0.15) is 5.65 Å². The molecule has 0 bridgehead atoms. The molecule has 0 aliphatic heterocycles. The van der Waals surface area contributed by atoms with Crippen LogP contribution in [0.4, 0.5) is 0 Å². The first-order valence-electron chi connectivity index (χ1n) is 7.05. The number of pyridine rings is 1. The van der Waals surface area contributed by atoms with Gasteiger partial charge in [-0.3, -0.25) is 0 Å². The summed E-state index contributed by atoms with van der Waals surface area (Å²) >= 11 is 5.98. The van der Waals surface area contributed by atoms with Crippen LogP contribution < -0.4 is 5.32 Å². The molecule has 3 rings (SSSR count). The first-order chi connectivity index (χ1) is 10.1. The SMILES string of the molecule is Cc1ccc([C@H](C)NCc2cn3cc(Cl)ccc3n2)cc1. The number of aromatic nitrogens is 2. The van der Waals surface area contributed by atoms with Crippen molar-refractivity contribution in [3.8, 4) is 0 Å². The number of aryl methyl sites for hydroxylation is 1. The highest BCUT2D eigenvalue weighted by Gasteiger charge is 2.07. The van der Waals surface area contributed by atoms with E-state index in [1.165, 1.54) is 11.1 Å². The molecule has 3 aromatic rings. The van der Waals surface area contributed by atoms with Crippen LogP contribution in [0.3, 0.4) is 0 Å². The fourth-order valence-electron chi connectivity index (χ4n) is 2.33. The summed E-state index contributed by atoms with van der Waals surface area (Å²) in [4.78, 5) is 4.58. The summed E-state index contributed by atoms with van der Waals surface area (Å²) in [5.41, 5.74) is 4.49. The Morgan fingerprint density at radius 1 is 1.14 bits per heavy atom. The second-order valence-electron chi connectivity index (χ2n) is 5.36. The van der Waals surface area contributed by atoms with E-state index in [9.17, 15) is 0 Å². The number of halogens is 1. The van der Waals surface area contributed by atoms with E-state index < -0.39 is 0 Å². The van der Waals surface area contributed by atoms with Crippen molar-refractivity contribution in [2.75, 3.05) is 0 Å². The molecule has 0 radical (unpaired) electrons. The average molecular weight is 300 g/mol. The smallest absolute Gasteiger partial charge is 0.137 e. The number of nitrogens with one attached hydrogen (secondary N) is 1. The monoisotopic (exact) mass is 299 g/mol. The predicted molar refractivity (Wildman–Crippen MR) is 86.6 cm³/mol. The van der Waals surface area contributed by atoms with Crippen LogP contribution >= 0.6 is 11.6 Å². The maximum atomic E-state index is 5.98. The van der Waals surface area contributed by atoms with Gasteiger partial charge in [-0.25, -0.2) is 4.98 Å². The molecule has 0 aliphatic carbocycles. The highest BCUT2D eigenvalue weighted by molar-refractivity contribution is 6.30. The molecular formula is C17H18ClN3. The molecule has 1 atom stereocenters. The van der Waals surface area contributed by atoms with Crippen molar-refractivity contribution in [1.82, 2.24) is 14.7 Å². The average Bonchev–Trinajstić information content (AvgIpc) is 2.87. The van der Waals surface area contributed by atoms with E-state index >= 15 is 0 Å². The van der Waals surface area contributed by atoms with Crippen molar-refractivity contribution in [1.29, 1.82) is 0 Å². The van der Waals surface area contributed by atoms with Gasteiger partial charge in [0.25, 0.3) is 0 Å². The van der Waals surface area contributed by atoms with E-state index in [1.54, 1.807) is 0 Å². The van der Waals surface area contributed by atoms with E-state index in [1.807, 2.05) is 28.9 Å². The number of hydrogen-bond acceptors (Lipinski definition) is 2. The molecule has 108 valence electrons. The van der Waals surface area contributed by atoms with Crippen molar-refractivity contribution < 1.29 is 0 Å². The molecule has 4 heteroatoms. The molecule has 2 heterocycles. The lowest BCUT2D eigenvalue weighted by Crippen LogP contribution is -2.18. The highest BCUT2D eigenvalue weighted by atomic mass is 35.5. The molecule has 0 aliphatic rings. The predicted octanol–water partition coefficient (Wildman–Crippen LogP) is 4.15. The Balaban J connectivity index is 1.69. The minimum absolute atomic E-state index is 0.291. The number of fused-ring (bicyclic) bond motifs is 1. The minimum Gasteiger partial charge on any atom is -0.305 e. The number of imidazole rings is 1. The molecule has 0 fully saturated rings. The minimum atomic E-state index is 0.291. The second-order valence-corrected chi connectivity index (χ2v) is 5.79. The van der Waals surface area contributed by atoms with Crippen LogP contribution in [0.15, 0.2) is 48.8 Å². The van der Waals surface area contributed by atoms with E-state index in [0.717, 1.165) is 17.9 Å². The topological polar surface area (TPSA) is 29.3 Å². The van der Waals surface area contributed by atoms with Gasteiger partial charge in [-0.1, -0.05) is 41.4 Å². The molecule has 2 aromatic heterocycles. The number of nitrogens with zero attached hydrogens (tertiary/aromatic N) is 2. The van der Waals surface area contributed by atoms with E-state index in [0.29, 0.717) is 11.1 Å². The lowest BCUT2D eigenvalue weighted by molar-refractivity contribution is 0.569. The summed E-state index contributed by atoms with van der Waals surface area (Å²) in [5, 5.41) is 4.22. The fourth-order valence-corrected chi connectivity index (χ4v) is 2.50. The lowest BCUT2D eigenvalue weighted by atomic mass is 10.1. The maximum Gasteiger partial charge on any atom is 0.137 e. The third-order valence-corrected chi connectivity index (χ3v) is 3.86. The first-order valence-corrected chi connectivity index (χ1v) is 7.43. The van der Waals surface area contributed by atoms with Crippen molar-refractivity contribution in [3.05, 3.63) is 70.6 Å². The van der Waals surface area contributed by atoms with Gasteiger partial charge >= 0.3 is 0 Å². The first kappa shape index (κ1) is 14.1. The second kappa shape index (κ2) is 5.88. The van der Waals surface area contributed by atoms with Crippen molar-refractivity contribution in [2.45, 2.75) is 26.4 Å². The van der Waals surface area contributed by atoms with Crippen LogP contribution in [0.25, 0.3) is 5.65 Å². The zero-order valence-corrected chi connectivity index (χ0v) is 12.9. The summed E-state index contributed by atoms with van der Waals surface area (Å²) < 4.78 is 1.95. The van der Waals surface area contributed by atoms with Gasteiger partial charge in [-0.2, -0.15) is 0 Å². The molecule has 3 nitrogen and oxygen atoms in total. The Kier molecular flexibility index (Phi) is 3.95.